The van der Waals surface area contributed by atoms with Gasteiger partial charge < -0.3 is 26.0 Å². The first-order chi connectivity index (χ1) is 16.0. The van der Waals surface area contributed by atoms with Gasteiger partial charge in [-0.05, 0) is 61.4 Å². The average molecular weight is 473 g/mol. The van der Waals surface area contributed by atoms with Crippen molar-refractivity contribution in [3.05, 3.63) is 52.8 Å². The Kier molecular flexibility index (Phi) is 6.01. The van der Waals surface area contributed by atoms with Crippen LogP contribution in [0, 0.1) is 17.7 Å². The van der Waals surface area contributed by atoms with Gasteiger partial charge in [-0.2, -0.15) is 0 Å². The number of amides is 2. The Morgan fingerprint density at radius 2 is 1.70 bits per heavy atom. The molecule has 1 heterocycles. The van der Waals surface area contributed by atoms with Crippen LogP contribution in [-0.4, -0.2) is 43.6 Å². The summed E-state index contributed by atoms with van der Waals surface area (Å²) in [6.07, 6.45) is 2.65. The van der Waals surface area contributed by atoms with Crippen LogP contribution in [0.25, 0.3) is 0 Å². The van der Waals surface area contributed by atoms with Crippen molar-refractivity contribution in [3.8, 4) is 5.75 Å². The Balaban J connectivity index is 1.15. The Hall–Kier alpha value is -3.00. The molecule has 0 saturated heterocycles. The molecule has 4 N–H and O–H groups in total. The van der Waals surface area contributed by atoms with E-state index >= 15 is 0 Å². The summed E-state index contributed by atoms with van der Waals surface area (Å²) >= 11 is 5.67. The maximum atomic E-state index is 13.5. The highest BCUT2D eigenvalue weighted by Crippen LogP contribution is 2.46. The fourth-order valence-corrected chi connectivity index (χ4v) is 5.09. The molecule has 0 spiro atoms. The third-order valence-electron chi connectivity index (χ3n) is 6.82. The third kappa shape index (κ3) is 4.71. The van der Waals surface area contributed by atoms with Crippen LogP contribution in [-0.2, 0) is 4.79 Å². The van der Waals surface area contributed by atoms with Crippen LogP contribution in [0.3, 0.4) is 0 Å². The molecule has 1 unspecified atom stereocenters. The Morgan fingerprint density at radius 1 is 0.970 bits per heavy atom. The summed E-state index contributed by atoms with van der Waals surface area (Å²) in [7, 11) is 0. The molecule has 4 aliphatic rings. The highest BCUT2D eigenvalue weighted by Gasteiger charge is 2.47. The largest absolute Gasteiger partial charge is 0.484 e. The van der Waals surface area contributed by atoms with E-state index in [0.717, 1.165) is 43.4 Å². The molecule has 0 aromatic heterocycles. The molecule has 6 rings (SSSR count). The summed E-state index contributed by atoms with van der Waals surface area (Å²) in [5.74, 6) is 0.154. The minimum Gasteiger partial charge on any atom is -0.484 e. The van der Waals surface area contributed by atoms with E-state index in [1.54, 1.807) is 0 Å². The fraction of sp³-hybridized carbons (Fsp3) is 0.417. The number of hydrogen-bond donors (Lipinski definition) is 4. The van der Waals surface area contributed by atoms with E-state index < -0.39 is 5.82 Å². The normalized spacial score (nSPS) is 24.9. The monoisotopic (exact) mass is 472 g/mol. The predicted octanol–water partition coefficient (Wildman–Crippen LogP) is 3.41. The maximum absolute atomic E-state index is 13.5. The van der Waals surface area contributed by atoms with Crippen LogP contribution in [0.15, 0.2) is 36.4 Å². The van der Waals surface area contributed by atoms with Crippen molar-refractivity contribution in [1.29, 1.82) is 0 Å². The first-order valence-corrected chi connectivity index (χ1v) is 11.6. The van der Waals surface area contributed by atoms with Crippen molar-refractivity contribution < 1.29 is 18.7 Å². The SMILES string of the molecule is O=C(COc1ccc(Cl)c(F)c1)NC1C[C@H](NC(=O)c2ccc3c(c2)NCCN3)C2CC1C2. The van der Waals surface area contributed by atoms with Gasteiger partial charge in [-0.3, -0.25) is 9.59 Å². The number of ether oxygens (including phenoxy) is 1. The second-order valence-corrected chi connectivity index (χ2v) is 9.37. The van der Waals surface area contributed by atoms with Gasteiger partial charge in [0.2, 0.25) is 0 Å². The summed E-state index contributed by atoms with van der Waals surface area (Å²) in [5, 5.41) is 12.8. The molecule has 2 atom stereocenters. The lowest BCUT2D eigenvalue weighted by molar-refractivity contribution is -0.125. The van der Waals surface area contributed by atoms with Crippen LogP contribution in [0.2, 0.25) is 5.02 Å². The fourth-order valence-electron chi connectivity index (χ4n) is 4.97. The zero-order valence-corrected chi connectivity index (χ0v) is 18.8. The van der Waals surface area contributed by atoms with Gasteiger partial charge >= 0.3 is 0 Å². The van der Waals surface area contributed by atoms with E-state index in [4.69, 9.17) is 16.3 Å². The lowest BCUT2D eigenvalue weighted by atomic mass is 9.60. The van der Waals surface area contributed by atoms with E-state index in [9.17, 15) is 14.0 Å². The summed E-state index contributed by atoms with van der Waals surface area (Å²) in [5.41, 5.74) is 2.56. The van der Waals surface area contributed by atoms with E-state index in [1.807, 2.05) is 18.2 Å². The van der Waals surface area contributed by atoms with Crippen LogP contribution < -0.4 is 26.0 Å². The molecule has 7 nitrogen and oxygen atoms in total. The number of rotatable bonds is 6. The maximum Gasteiger partial charge on any atom is 0.258 e. The van der Waals surface area contributed by atoms with Crippen molar-refractivity contribution in [3.63, 3.8) is 0 Å². The molecule has 174 valence electrons. The molecular formula is C24H26ClFN4O3. The van der Waals surface area contributed by atoms with Crippen molar-refractivity contribution in [2.75, 3.05) is 30.3 Å². The van der Waals surface area contributed by atoms with Gasteiger partial charge in [0.05, 0.1) is 16.4 Å². The summed E-state index contributed by atoms with van der Waals surface area (Å²) in [4.78, 5) is 25.3. The molecule has 9 heteroatoms. The van der Waals surface area contributed by atoms with Crippen molar-refractivity contribution in [2.24, 2.45) is 11.8 Å². The minimum absolute atomic E-state index is 0.00458. The summed E-state index contributed by atoms with van der Waals surface area (Å²) in [6, 6.07) is 9.69. The van der Waals surface area contributed by atoms with Crippen LogP contribution in [0.5, 0.6) is 5.75 Å². The number of benzene rings is 2. The molecule has 3 fully saturated rings. The highest BCUT2D eigenvalue weighted by molar-refractivity contribution is 6.30. The van der Waals surface area contributed by atoms with Crippen LogP contribution in [0.4, 0.5) is 15.8 Å². The smallest absolute Gasteiger partial charge is 0.258 e. The minimum atomic E-state index is -0.591. The number of carbonyl (C=O) groups is 2. The zero-order chi connectivity index (χ0) is 22.9. The Bertz CT molecular complexity index is 1080. The zero-order valence-electron chi connectivity index (χ0n) is 18.0. The van der Waals surface area contributed by atoms with E-state index in [0.29, 0.717) is 23.8 Å². The summed E-state index contributed by atoms with van der Waals surface area (Å²) in [6.45, 7) is 1.47. The first-order valence-electron chi connectivity index (χ1n) is 11.3. The number of carbonyl (C=O) groups excluding carboxylic acids is 2. The van der Waals surface area contributed by atoms with Gasteiger partial charge in [0, 0.05) is 36.8 Å². The second-order valence-electron chi connectivity index (χ2n) is 8.96. The third-order valence-corrected chi connectivity index (χ3v) is 7.12. The van der Waals surface area contributed by atoms with E-state index in [1.165, 1.54) is 12.1 Å². The number of fused-ring (bicyclic) bond motifs is 3. The first kappa shape index (κ1) is 21.8. The van der Waals surface area contributed by atoms with E-state index in [2.05, 4.69) is 21.3 Å². The molecule has 2 amide bonds. The lowest BCUT2D eigenvalue weighted by Crippen LogP contribution is -2.60. The Morgan fingerprint density at radius 3 is 2.45 bits per heavy atom. The predicted molar refractivity (Wildman–Crippen MR) is 124 cm³/mol. The lowest BCUT2D eigenvalue weighted by Gasteiger charge is -2.51. The van der Waals surface area contributed by atoms with Gasteiger partial charge in [-0.15, -0.1) is 0 Å². The average Bonchev–Trinajstić information content (AvgIpc) is 2.78. The van der Waals surface area contributed by atoms with Crippen molar-refractivity contribution in [1.82, 2.24) is 10.6 Å². The molecular weight excluding hydrogens is 447 g/mol. The molecule has 2 aromatic rings. The molecule has 2 bridgehead atoms. The molecule has 3 aliphatic carbocycles. The standard InChI is InChI=1S/C24H26ClFN4O3/c25-17-3-2-16(10-18(17)26)33-12-23(31)29-20-11-21(15-7-14(20)8-15)30-24(32)13-1-4-19-22(9-13)28-6-5-27-19/h1-4,9-10,14-15,20-21,27-28H,5-8,11-12H2,(H,29,31)(H,30,32)/t14?,15?,20?,21-/m0/s1. The topological polar surface area (TPSA) is 91.5 Å². The number of nitrogens with one attached hydrogen (secondary N) is 4. The highest BCUT2D eigenvalue weighted by atomic mass is 35.5. The number of hydrogen-bond acceptors (Lipinski definition) is 5. The van der Waals surface area contributed by atoms with Crippen LogP contribution in [0.1, 0.15) is 29.6 Å². The number of halogens is 2. The summed E-state index contributed by atoms with van der Waals surface area (Å²) < 4.78 is 18.9. The van der Waals surface area contributed by atoms with E-state index in [-0.39, 0.29) is 41.3 Å². The van der Waals surface area contributed by atoms with Crippen LogP contribution >= 0.6 is 11.6 Å². The van der Waals surface area contributed by atoms with Gasteiger partial charge in [-0.1, -0.05) is 11.6 Å². The van der Waals surface area contributed by atoms with Crippen molar-refractivity contribution in [2.45, 2.75) is 31.3 Å². The Labute approximate surface area is 196 Å². The van der Waals surface area contributed by atoms with Gasteiger partial charge in [-0.25, -0.2) is 4.39 Å². The molecule has 0 radical (unpaired) electrons. The quantitative estimate of drug-likeness (QED) is 0.517. The van der Waals surface area contributed by atoms with Gasteiger partial charge in [0.25, 0.3) is 11.8 Å². The van der Waals surface area contributed by atoms with Gasteiger partial charge in [0.1, 0.15) is 11.6 Å². The molecule has 1 aliphatic heterocycles. The van der Waals surface area contributed by atoms with Gasteiger partial charge in [0.15, 0.2) is 6.61 Å². The molecule has 33 heavy (non-hydrogen) atoms. The molecule has 3 saturated carbocycles. The number of anilines is 2. The second kappa shape index (κ2) is 9.09. The molecule has 2 aromatic carbocycles. The van der Waals surface area contributed by atoms with Crippen molar-refractivity contribution >= 4 is 34.8 Å².